The smallest absolute Gasteiger partial charge is 0.407 e. The zero-order valence-electron chi connectivity index (χ0n) is 24.2. The number of amides is 1. The highest BCUT2D eigenvalue weighted by molar-refractivity contribution is 5.68. The number of methoxy groups -OCH3 is 1. The van der Waals surface area contributed by atoms with Crippen LogP contribution in [-0.2, 0) is 39.8 Å². The van der Waals surface area contributed by atoms with Gasteiger partial charge in [-0.15, -0.1) is 0 Å². The van der Waals surface area contributed by atoms with Crippen LogP contribution in [-0.4, -0.2) is 110 Å². The number of carbonyl (C=O) groups is 1. The first-order valence-electron chi connectivity index (χ1n) is 14.4. The second-order valence-corrected chi connectivity index (χ2v) is 9.65. The van der Waals surface area contributed by atoms with E-state index in [9.17, 15) is 4.79 Å². The molecule has 2 aromatic rings. The lowest BCUT2D eigenvalue weighted by molar-refractivity contribution is -0.0228. The summed E-state index contributed by atoms with van der Waals surface area (Å²) in [5.74, 6) is 0. The van der Waals surface area contributed by atoms with Gasteiger partial charge in [0.2, 0.25) is 0 Å². The van der Waals surface area contributed by atoms with Gasteiger partial charge in [-0.1, -0.05) is 60.7 Å². The van der Waals surface area contributed by atoms with Crippen LogP contribution in [0.25, 0.3) is 0 Å². The summed E-state index contributed by atoms with van der Waals surface area (Å²) in [6.07, 6.45) is 0.666. The number of alkyl carbamates (subject to hydrolysis) is 1. The molecule has 0 aliphatic carbocycles. The molecule has 0 aromatic heterocycles. The maximum Gasteiger partial charge on any atom is 0.407 e. The second-order valence-electron chi connectivity index (χ2n) is 9.65. The summed E-state index contributed by atoms with van der Waals surface area (Å²) in [5, 5.41) is 3.05. The average Bonchev–Trinajstić information content (AvgIpc) is 3.46. The molecule has 41 heavy (non-hydrogen) atoms. The SMILES string of the molecule is COCCOCCOCCOCCOCCO[C@H]1CCN(C[C@@H](NC(=O)OCc2ccccc2)c2ccccc2)C1. The average molecular weight is 575 g/mol. The molecule has 1 aliphatic heterocycles. The van der Waals surface area contributed by atoms with Crippen molar-refractivity contribution >= 4 is 6.09 Å². The third-order valence-electron chi connectivity index (χ3n) is 6.51. The van der Waals surface area contributed by atoms with E-state index in [1.54, 1.807) is 7.11 Å². The molecule has 2 aromatic carbocycles. The zero-order chi connectivity index (χ0) is 28.8. The summed E-state index contributed by atoms with van der Waals surface area (Å²) in [4.78, 5) is 14.9. The molecule has 1 fully saturated rings. The van der Waals surface area contributed by atoms with Gasteiger partial charge in [-0.3, -0.25) is 4.90 Å². The van der Waals surface area contributed by atoms with E-state index in [4.69, 9.17) is 33.2 Å². The minimum atomic E-state index is -0.424. The third-order valence-corrected chi connectivity index (χ3v) is 6.51. The fourth-order valence-corrected chi connectivity index (χ4v) is 4.36. The maximum absolute atomic E-state index is 12.6. The maximum atomic E-state index is 12.6. The minimum absolute atomic E-state index is 0.145. The molecule has 10 nitrogen and oxygen atoms in total. The van der Waals surface area contributed by atoms with E-state index in [1.807, 2.05) is 60.7 Å². The molecule has 1 amide bonds. The molecule has 3 rings (SSSR count). The number of carbonyl (C=O) groups excluding carboxylic acids is 1. The summed E-state index contributed by atoms with van der Waals surface area (Å²) in [5.41, 5.74) is 2.00. The van der Waals surface area contributed by atoms with Crippen LogP contribution in [0.2, 0.25) is 0 Å². The Labute approximate surface area is 244 Å². The van der Waals surface area contributed by atoms with Crippen molar-refractivity contribution in [3.63, 3.8) is 0 Å². The molecule has 0 bridgehead atoms. The fraction of sp³-hybridized carbons (Fsp3) is 0.581. The van der Waals surface area contributed by atoms with Gasteiger partial charge in [-0.2, -0.15) is 0 Å². The van der Waals surface area contributed by atoms with E-state index >= 15 is 0 Å². The van der Waals surface area contributed by atoms with Crippen molar-refractivity contribution < 1.29 is 38.0 Å². The quantitative estimate of drug-likeness (QED) is 0.212. The summed E-state index contributed by atoms with van der Waals surface area (Å²) < 4.78 is 38.3. The lowest BCUT2D eigenvalue weighted by atomic mass is 10.1. The van der Waals surface area contributed by atoms with Gasteiger partial charge in [0.05, 0.1) is 78.2 Å². The Morgan fingerprint density at radius 2 is 1.37 bits per heavy atom. The number of rotatable bonds is 22. The summed E-state index contributed by atoms with van der Waals surface area (Å²) in [7, 11) is 1.65. The lowest BCUT2D eigenvalue weighted by Crippen LogP contribution is -2.38. The molecule has 1 saturated heterocycles. The molecule has 1 N–H and O–H groups in total. The van der Waals surface area contributed by atoms with E-state index in [1.165, 1.54) is 0 Å². The molecule has 10 heteroatoms. The molecule has 0 spiro atoms. The Bertz CT molecular complexity index is 921. The van der Waals surface area contributed by atoms with Gasteiger partial charge in [-0.05, 0) is 17.5 Å². The van der Waals surface area contributed by atoms with Crippen LogP contribution in [0.5, 0.6) is 0 Å². The van der Waals surface area contributed by atoms with Crippen molar-refractivity contribution in [3.8, 4) is 0 Å². The largest absolute Gasteiger partial charge is 0.445 e. The van der Waals surface area contributed by atoms with Crippen LogP contribution >= 0.6 is 0 Å². The minimum Gasteiger partial charge on any atom is -0.445 e. The molecule has 1 aliphatic rings. The summed E-state index contributed by atoms with van der Waals surface area (Å²) in [6, 6.07) is 19.5. The third kappa shape index (κ3) is 14.8. The highest BCUT2D eigenvalue weighted by Gasteiger charge is 2.27. The number of likely N-dealkylation sites (tertiary alicyclic amines) is 1. The summed E-state index contributed by atoms with van der Waals surface area (Å²) in [6.45, 7) is 8.07. The Morgan fingerprint density at radius 3 is 1.98 bits per heavy atom. The molecule has 0 unspecified atom stereocenters. The van der Waals surface area contributed by atoms with Crippen LogP contribution in [0.4, 0.5) is 4.79 Å². The number of hydrogen-bond acceptors (Lipinski definition) is 9. The summed E-state index contributed by atoms with van der Waals surface area (Å²) >= 11 is 0. The van der Waals surface area contributed by atoms with Crippen molar-refractivity contribution in [1.29, 1.82) is 0 Å². The first kappa shape index (κ1) is 32.9. The van der Waals surface area contributed by atoms with Gasteiger partial charge in [0, 0.05) is 26.7 Å². The van der Waals surface area contributed by atoms with Gasteiger partial charge in [0.1, 0.15) is 6.61 Å². The van der Waals surface area contributed by atoms with Crippen LogP contribution < -0.4 is 5.32 Å². The van der Waals surface area contributed by atoms with Crippen molar-refractivity contribution in [1.82, 2.24) is 10.2 Å². The van der Waals surface area contributed by atoms with Crippen LogP contribution in [0.1, 0.15) is 23.6 Å². The number of nitrogens with zero attached hydrogens (tertiary/aromatic N) is 1. The van der Waals surface area contributed by atoms with E-state index in [-0.39, 0.29) is 18.8 Å². The lowest BCUT2D eigenvalue weighted by Gasteiger charge is -2.25. The molecule has 1 heterocycles. The van der Waals surface area contributed by atoms with Crippen molar-refractivity contribution in [2.45, 2.75) is 25.2 Å². The normalized spacial score (nSPS) is 16.1. The Hall–Kier alpha value is -2.57. The molecular formula is C31H46N2O8. The molecular weight excluding hydrogens is 528 g/mol. The highest BCUT2D eigenvalue weighted by atomic mass is 16.6. The van der Waals surface area contributed by atoms with Gasteiger partial charge in [0.15, 0.2) is 0 Å². The van der Waals surface area contributed by atoms with Crippen molar-refractivity contribution in [2.75, 3.05) is 92.8 Å². The monoisotopic (exact) mass is 574 g/mol. The predicted octanol–water partition coefficient (Wildman–Crippen LogP) is 3.46. The van der Waals surface area contributed by atoms with E-state index in [0.29, 0.717) is 72.6 Å². The first-order valence-corrected chi connectivity index (χ1v) is 14.4. The fourth-order valence-electron chi connectivity index (χ4n) is 4.36. The van der Waals surface area contributed by atoms with Crippen LogP contribution in [0, 0.1) is 0 Å². The molecule has 0 radical (unpaired) electrons. The molecule has 2 atom stereocenters. The van der Waals surface area contributed by atoms with Crippen LogP contribution in [0.15, 0.2) is 60.7 Å². The van der Waals surface area contributed by atoms with Gasteiger partial charge < -0.3 is 38.5 Å². The van der Waals surface area contributed by atoms with Crippen LogP contribution in [0.3, 0.4) is 0 Å². The second kappa shape index (κ2) is 21.2. The molecule has 0 saturated carbocycles. The van der Waals surface area contributed by atoms with Gasteiger partial charge in [-0.25, -0.2) is 4.79 Å². The van der Waals surface area contributed by atoms with Crippen molar-refractivity contribution in [3.05, 3.63) is 71.8 Å². The van der Waals surface area contributed by atoms with E-state index < -0.39 is 6.09 Å². The Kier molecular flexibility index (Phi) is 17.0. The highest BCUT2D eigenvalue weighted by Crippen LogP contribution is 2.19. The van der Waals surface area contributed by atoms with Gasteiger partial charge in [0.25, 0.3) is 0 Å². The number of benzene rings is 2. The predicted molar refractivity (Wildman–Crippen MR) is 155 cm³/mol. The Balaban J connectivity index is 1.23. The number of hydrogen-bond donors (Lipinski definition) is 1. The van der Waals surface area contributed by atoms with E-state index in [0.717, 1.165) is 30.6 Å². The standard InChI is InChI=1S/C31H46N2O8/c1-35-14-15-36-16-17-37-18-19-38-20-21-39-22-23-40-29-12-13-33(24-29)25-30(28-10-6-3-7-11-28)32-31(34)41-26-27-8-4-2-5-9-27/h2-11,29-30H,12-26H2,1H3,(H,32,34)/t29-,30+/m0/s1. The van der Waals surface area contributed by atoms with E-state index in [2.05, 4.69) is 10.2 Å². The Morgan fingerprint density at radius 1 is 0.805 bits per heavy atom. The first-order chi connectivity index (χ1) is 20.2. The number of nitrogens with one attached hydrogen (secondary N) is 1. The zero-order valence-corrected chi connectivity index (χ0v) is 24.2. The molecule has 228 valence electrons. The number of ether oxygens (including phenoxy) is 7. The van der Waals surface area contributed by atoms with Crippen molar-refractivity contribution in [2.24, 2.45) is 0 Å². The topological polar surface area (TPSA) is 97.0 Å². The van der Waals surface area contributed by atoms with Gasteiger partial charge >= 0.3 is 6.09 Å².